The van der Waals surface area contributed by atoms with Gasteiger partial charge in [-0.25, -0.2) is 0 Å². The van der Waals surface area contributed by atoms with E-state index in [1.807, 2.05) is 0 Å². The number of rotatable bonds is 10. The summed E-state index contributed by atoms with van der Waals surface area (Å²) < 4.78 is 33.5. The summed E-state index contributed by atoms with van der Waals surface area (Å²) in [5.41, 5.74) is 2.25. The van der Waals surface area contributed by atoms with Gasteiger partial charge in [0.2, 0.25) is 0 Å². The first-order valence-electron chi connectivity index (χ1n) is 7.81. The quantitative estimate of drug-likeness (QED) is 0.587. The van der Waals surface area contributed by atoms with Crippen LogP contribution in [-0.4, -0.2) is 60.3 Å². The van der Waals surface area contributed by atoms with Crippen LogP contribution in [0.15, 0.2) is 24.3 Å². The molecule has 2 unspecified atom stereocenters. The summed E-state index contributed by atoms with van der Waals surface area (Å²) in [6.45, 7) is 4.11. The van der Waals surface area contributed by atoms with Gasteiger partial charge >= 0.3 is 17.6 Å². The Morgan fingerprint density at radius 2 is 0.750 bits per heavy atom. The summed E-state index contributed by atoms with van der Waals surface area (Å²) in [5, 5.41) is 0. The summed E-state index contributed by atoms with van der Waals surface area (Å²) in [6, 6.07) is 8.26. The van der Waals surface area contributed by atoms with Crippen molar-refractivity contribution in [2.45, 2.75) is 24.9 Å². The Balaban J connectivity index is 3.08. The fourth-order valence-corrected chi connectivity index (χ4v) is 7.36. The summed E-state index contributed by atoms with van der Waals surface area (Å²) >= 11 is 0. The maximum absolute atomic E-state index is 5.58. The van der Waals surface area contributed by atoms with Crippen molar-refractivity contribution in [2.75, 3.05) is 42.7 Å². The van der Waals surface area contributed by atoms with Gasteiger partial charge < -0.3 is 26.6 Å². The Bertz CT molecular complexity index is 426. The zero-order chi connectivity index (χ0) is 18.4. The molecule has 8 heteroatoms. The molecule has 0 amide bonds. The molecule has 138 valence electrons. The normalized spacial score (nSPS) is 15.3. The first-order valence-corrected chi connectivity index (χ1v) is 11.4. The number of hydrogen-bond donors (Lipinski definition) is 0. The monoisotopic (exact) mass is 374 g/mol. The van der Waals surface area contributed by atoms with E-state index in [0.29, 0.717) is 0 Å². The van der Waals surface area contributed by atoms with E-state index >= 15 is 0 Å². The van der Waals surface area contributed by atoms with Crippen molar-refractivity contribution in [2.24, 2.45) is 0 Å². The van der Waals surface area contributed by atoms with E-state index in [1.165, 1.54) is 0 Å². The second-order valence-corrected chi connectivity index (χ2v) is 12.1. The third-order valence-electron chi connectivity index (χ3n) is 4.70. The molecule has 0 heterocycles. The zero-order valence-corrected chi connectivity index (χ0v) is 17.9. The van der Waals surface area contributed by atoms with Crippen molar-refractivity contribution in [3.63, 3.8) is 0 Å². The minimum Gasteiger partial charge on any atom is -0.376 e. The van der Waals surface area contributed by atoms with Gasteiger partial charge in [0.05, 0.1) is 11.1 Å². The third kappa shape index (κ3) is 3.97. The van der Waals surface area contributed by atoms with Gasteiger partial charge in [-0.3, -0.25) is 0 Å². The highest BCUT2D eigenvalue weighted by Gasteiger charge is 2.47. The molecule has 0 aliphatic carbocycles. The van der Waals surface area contributed by atoms with E-state index in [4.69, 9.17) is 26.6 Å². The molecule has 0 N–H and O–H groups in total. The van der Waals surface area contributed by atoms with Crippen molar-refractivity contribution in [3.05, 3.63) is 35.4 Å². The van der Waals surface area contributed by atoms with Gasteiger partial charge in [-0.05, 0) is 11.1 Å². The molecule has 6 nitrogen and oxygen atoms in total. The fraction of sp³-hybridized carbons (Fsp3) is 0.625. The van der Waals surface area contributed by atoms with E-state index < -0.39 is 17.6 Å². The van der Waals surface area contributed by atoms with Crippen molar-refractivity contribution >= 4 is 17.6 Å². The second-order valence-electron chi connectivity index (χ2n) is 5.54. The van der Waals surface area contributed by atoms with Crippen molar-refractivity contribution in [1.82, 2.24) is 0 Å². The SMILES string of the molecule is CO[Si](OC)(OC)C(C)c1ccc(C(C)[Si](OC)(OC)OC)cc1. The standard InChI is InChI=1S/C16H30O6Si2/c1-13(23(17-3,18-4)19-5)15-9-11-16(12-10-15)14(2)24(20-6,21-7)22-8/h9-14H,1-8H3. The molecule has 1 rings (SSSR count). The van der Waals surface area contributed by atoms with Crippen LogP contribution in [0.25, 0.3) is 0 Å². The largest absolute Gasteiger partial charge is 0.507 e. The van der Waals surface area contributed by atoms with Gasteiger partial charge in [-0.2, -0.15) is 0 Å². The molecule has 0 spiro atoms. The topological polar surface area (TPSA) is 55.4 Å². The fourth-order valence-electron chi connectivity index (χ4n) is 3.04. The van der Waals surface area contributed by atoms with E-state index in [1.54, 1.807) is 42.7 Å². The highest BCUT2D eigenvalue weighted by Crippen LogP contribution is 2.32. The zero-order valence-electron chi connectivity index (χ0n) is 15.9. The third-order valence-corrected chi connectivity index (χ3v) is 10.9. The maximum Gasteiger partial charge on any atom is 0.507 e. The molecule has 0 saturated heterocycles. The van der Waals surface area contributed by atoms with Gasteiger partial charge in [0.15, 0.2) is 0 Å². The molecule has 0 aliphatic rings. The first-order chi connectivity index (χ1) is 11.4. The average Bonchev–Trinajstić information content (AvgIpc) is 2.65. The Hall–Kier alpha value is -0.586. The lowest BCUT2D eigenvalue weighted by Crippen LogP contribution is -2.48. The molecule has 1 aromatic rings. The molecule has 0 saturated carbocycles. The lowest BCUT2D eigenvalue weighted by atomic mass is 10.1. The smallest absolute Gasteiger partial charge is 0.376 e. The summed E-state index contributed by atoms with van der Waals surface area (Å²) in [6.07, 6.45) is 0. The molecule has 0 aromatic heterocycles. The Kier molecular flexibility index (Phi) is 8.23. The molecule has 0 fully saturated rings. The van der Waals surface area contributed by atoms with Crippen LogP contribution >= 0.6 is 0 Å². The van der Waals surface area contributed by atoms with Crippen LogP contribution in [0, 0.1) is 0 Å². The molecule has 24 heavy (non-hydrogen) atoms. The number of benzene rings is 1. The van der Waals surface area contributed by atoms with Crippen LogP contribution in [0.2, 0.25) is 0 Å². The molecular formula is C16H30O6Si2. The van der Waals surface area contributed by atoms with Crippen LogP contribution in [-0.2, 0) is 26.6 Å². The molecule has 2 atom stereocenters. The van der Waals surface area contributed by atoms with E-state index in [2.05, 4.69) is 38.1 Å². The molecule has 0 bridgehead atoms. The van der Waals surface area contributed by atoms with Gasteiger partial charge in [0.25, 0.3) is 0 Å². The van der Waals surface area contributed by atoms with Crippen LogP contribution in [0.5, 0.6) is 0 Å². The molecular weight excluding hydrogens is 344 g/mol. The Morgan fingerprint density at radius 3 is 0.917 bits per heavy atom. The molecule has 0 radical (unpaired) electrons. The van der Waals surface area contributed by atoms with E-state index in [9.17, 15) is 0 Å². The van der Waals surface area contributed by atoms with Crippen LogP contribution in [0.4, 0.5) is 0 Å². The van der Waals surface area contributed by atoms with Crippen LogP contribution in [0.3, 0.4) is 0 Å². The summed E-state index contributed by atoms with van der Waals surface area (Å²) in [7, 11) is 4.30. The predicted molar refractivity (Wildman–Crippen MR) is 96.8 cm³/mol. The lowest BCUT2D eigenvalue weighted by molar-refractivity contribution is 0.113. The Morgan fingerprint density at radius 1 is 0.542 bits per heavy atom. The van der Waals surface area contributed by atoms with Gasteiger partial charge in [0.1, 0.15) is 0 Å². The van der Waals surface area contributed by atoms with Gasteiger partial charge in [-0.1, -0.05) is 38.1 Å². The second kappa shape index (κ2) is 9.21. The predicted octanol–water partition coefficient (Wildman–Crippen LogP) is 2.73. The molecule has 1 aromatic carbocycles. The van der Waals surface area contributed by atoms with E-state index in [-0.39, 0.29) is 11.1 Å². The first kappa shape index (κ1) is 21.5. The van der Waals surface area contributed by atoms with Crippen LogP contribution in [0.1, 0.15) is 36.1 Å². The highest BCUT2D eigenvalue weighted by atomic mass is 28.4. The van der Waals surface area contributed by atoms with Crippen molar-refractivity contribution in [1.29, 1.82) is 0 Å². The lowest BCUT2D eigenvalue weighted by Gasteiger charge is -2.32. The number of hydrogen-bond acceptors (Lipinski definition) is 6. The highest BCUT2D eigenvalue weighted by molar-refractivity contribution is 6.62. The van der Waals surface area contributed by atoms with Crippen LogP contribution < -0.4 is 0 Å². The van der Waals surface area contributed by atoms with Gasteiger partial charge in [-0.15, -0.1) is 0 Å². The average molecular weight is 375 g/mol. The maximum atomic E-state index is 5.58. The summed E-state index contributed by atoms with van der Waals surface area (Å²) in [4.78, 5) is 0. The Labute approximate surface area is 147 Å². The van der Waals surface area contributed by atoms with Crippen molar-refractivity contribution < 1.29 is 26.6 Å². The minimum atomic E-state index is -2.73. The van der Waals surface area contributed by atoms with Gasteiger partial charge in [0, 0.05) is 42.7 Å². The van der Waals surface area contributed by atoms with E-state index in [0.717, 1.165) is 11.1 Å². The minimum absolute atomic E-state index is 0.0242. The molecule has 0 aliphatic heterocycles. The summed E-state index contributed by atoms with van der Waals surface area (Å²) in [5.74, 6) is 0. The van der Waals surface area contributed by atoms with Crippen molar-refractivity contribution in [3.8, 4) is 0 Å².